The molecule has 0 aliphatic heterocycles. The first-order valence-electron chi connectivity index (χ1n) is 7.94. The maximum atomic E-state index is 12.4. The molecule has 1 atom stereocenters. The van der Waals surface area contributed by atoms with Crippen molar-refractivity contribution in [2.24, 2.45) is 0 Å². The maximum Gasteiger partial charge on any atom is 0.273 e. The second-order valence-corrected chi connectivity index (χ2v) is 6.81. The van der Waals surface area contributed by atoms with Crippen molar-refractivity contribution >= 4 is 33.1 Å². The first-order chi connectivity index (χ1) is 12.5. The molecule has 0 aliphatic rings. The summed E-state index contributed by atoms with van der Waals surface area (Å²) in [7, 11) is 1.69. The number of para-hydroxylation sites is 1. The molecule has 0 radical (unpaired) electrons. The molecule has 0 fully saturated rings. The number of likely N-dealkylation sites (N-methyl/N-ethyl adjacent to an activating group) is 1. The van der Waals surface area contributed by atoms with Crippen molar-refractivity contribution in [3.63, 3.8) is 0 Å². The number of nitrogens with zero attached hydrogens (tertiary/aromatic N) is 3. The van der Waals surface area contributed by atoms with E-state index in [1.165, 1.54) is 18.2 Å². The molecular formula is C18H17N3O4S. The fourth-order valence-electron chi connectivity index (χ4n) is 2.38. The molecule has 7 nitrogen and oxygen atoms in total. The summed E-state index contributed by atoms with van der Waals surface area (Å²) in [4.78, 5) is 28.8. The average molecular weight is 371 g/mol. The first-order valence-corrected chi connectivity index (χ1v) is 8.75. The zero-order chi connectivity index (χ0) is 18.7. The van der Waals surface area contributed by atoms with E-state index in [1.54, 1.807) is 29.4 Å². The van der Waals surface area contributed by atoms with Crippen molar-refractivity contribution in [3.8, 4) is 5.75 Å². The quantitative estimate of drug-likeness (QED) is 0.486. The smallest absolute Gasteiger partial charge is 0.273 e. The van der Waals surface area contributed by atoms with Gasteiger partial charge in [0.25, 0.3) is 11.6 Å². The Kier molecular flexibility index (Phi) is 5.13. The van der Waals surface area contributed by atoms with Crippen LogP contribution >= 0.6 is 11.3 Å². The van der Waals surface area contributed by atoms with Gasteiger partial charge >= 0.3 is 0 Å². The van der Waals surface area contributed by atoms with E-state index >= 15 is 0 Å². The van der Waals surface area contributed by atoms with Crippen molar-refractivity contribution in [1.82, 2.24) is 9.88 Å². The number of nitro groups is 1. The van der Waals surface area contributed by atoms with Crippen LogP contribution in [0.2, 0.25) is 0 Å². The number of hydrogen-bond acceptors (Lipinski definition) is 6. The second kappa shape index (κ2) is 7.49. The van der Waals surface area contributed by atoms with Gasteiger partial charge in [-0.05, 0) is 25.1 Å². The van der Waals surface area contributed by atoms with Crippen LogP contribution < -0.4 is 4.74 Å². The predicted octanol–water partition coefficient (Wildman–Crippen LogP) is 3.80. The number of carbonyl (C=O) groups is 1. The van der Waals surface area contributed by atoms with Gasteiger partial charge in [0.2, 0.25) is 0 Å². The standard InChI is InChI=1S/C18H17N3O4S/c1-12(18-19-15-8-3-4-9-16(15)26-18)20(2)17(22)11-25-14-7-5-6-13(10-14)21(23)24/h3-10,12H,11H2,1-2H3/t12-/m0/s1. The van der Waals surface area contributed by atoms with Crippen molar-refractivity contribution < 1.29 is 14.5 Å². The highest BCUT2D eigenvalue weighted by molar-refractivity contribution is 7.18. The van der Waals surface area contributed by atoms with Crippen LogP contribution in [0.5, 0.6) is 5.75 Å². The number of ether oxygens (including phenoxy) is 1. The molecule has 1 aromatic heterocycles. The number of aromatic nitrogens is 1. The number of carbonyl (C=O) groups excluding carboxylic acids is 1. The summed E-state index contributed by atoms with van der Waals surface area (Å²) in [6.07, 6.45) is 0. The lowest BCUT2D eigenvalue weighted by atomic mass is 10.3. The van der Waals surface area contributed by atoms with Gasteiger partial charge < -0.3 is 9.64 Å². The highest BCUT2D eigenvalue weighted by atomic mass is 32.1. The number of amides is 1. The number of nitro benzene ring substituents is 1. The third kappa shape index (κ3) is 3.80. The minimum absolute atomic E-state index is 0.0776. The molecular weight excluding hydrogens is 354 g/mol. The van der Waals surface area contributed by atoms with Crippen molar-refractivity contribution in [1.29, 1.82) is 0 Å². The van der Waals surface area contributed by atoms with E-state index in [4.69, 9.17) is 4.74 Å². The molecule has 134 valence electrons. The summed E-state index contributed by atoms with van der Waals surface area (Å²) in [5, 5.41) is 11.6. The van der Waals surface area contributed by atoms with Crippen LogP contribution in [0.25, 0.3) is 10.2 Å². The van der Waals surface area contributed by atoms with Crippen LogP contribution in [0.3, 0.4) is 0 Å². The maximum absolute atomic E-state index is 12.4. The van der Waals surface area contributed by atoms with E-state index in [1.807, 2.05) is 31.2 Å². The first kappa shape index (κ1) is 17.8. The summed E-state index contributed by atoms with van der Waals surface area (Å²) in [6, 6.07) is 13.4. The van der Waals surface area contributed by atoms with E-state index in [9.17, 15) is 14.9 Å². The number of fused-ring (bicyclic) bond motifs is 1. The van der Waals surface area contributed by atoms with Gasteiger partial charge in [0.05, 0.1) is 27.2 Å². The van der Waals surface area contributed by atoms with Crippen LogP contribution in [0.4, 0.5) is 5.69 Å². The fraction of sp³-hybridized carbons (Fsp3) is 0.222. The zero-order valence-corrected chi connectivity index (χ0v) is 15.1. The van der Waals surface area contributed by atoms with Crippen molar-refractivity contribution in [2.75, 3.05) is 13.7 Å². The Morgan fingerprint density at radius 3 is 2.81 bits per heavy atom. The lowest BCUT2D eigenvalue weighted by Crippen LogP contribution is -2.33. The average Bonchev–Trinajstić information content (AvgIpc) is 3.09. The van der Waals surface area contributed by atoms with Crippen molar-refractivity contribution in [3.05, 3.63) is 63.7 Å². The molecule has 3 rings (SSSR count). The largest absolute Gasteiger partial charge is 0.484 e. The van der Waals surface area contributed by atoms with E-state index in [0.29, 0.717) is 0 Å². The molecule has 0 N–H and O–H groups in total. The Hall–Kier alpha value is -3.00. The van der Waals surface area contributed by atoms with Crippen LogP contribution in [-0.2, 0) is 4.79 Å². The van der Waals surface area contributed by atoms with E-state index in [2.05, 4.69) is 4.98 Å². The van der Waals surface area contributed by atoms with E-state index in [-0.39, 0.29) is 30.0 Å². The van der Waals surface area contributed by atoms with E-state index < -0.39 is 4.92 Å². The number of non-ortho nitro benzene ring substituents is 1. The lowest BCUT2D eigenvalue weighted by molar-refractivity contribution is -0.384. The second-order valence-electron chi connectivity index (χ2n) is 5.74. The Morgan fingerprint density at radius 2 is 2.08 bits per heavy atom. The minimum atomic E-state index is -0.504. The zero-order valence-electron chi connectivity index (χ0n) is 14.3. The van der Waals surface area contributed by atoms with Crippen LogP contribution in [0.15, 0.2) is 48.5 Å². The highest BCUT2D eigenvalue weighted by Gasteiger charge is 2.21. The molecule has 0 saturated heterocycles. The summed E-state index contributed by atoms with van der Waals surface area (Å²) < 4.78 is 6.48. The van der Waals surface area contributed by atoms with Gasteiger partial charge in [-0.25, -0.2) is 4.98 Å². The molecule has 0 bridgehead atoms. The molecule has 2 aromatic carbocycles. The number of rotatable bonds is 6. The molecule has 3 aromatic rings. The Bertz CT molecular complexity index is 923. The summed E-state index contributed by atoms with van der Waals surface area (Å²) in [5.74, 6) is 0.0526. The van der Waals surface area contributed by atoms with Gasteiger partial charge in [-0.1, -0.05) is 18.2 Å². The van der Waals surface area contributed by atoms with Crippen LogP contribution in [0, 0.1) is 10.1 Å². The number of benzene rings is 2. The fourth-order valence-corrected chi connectivity index (χ4v) is 3.45. The van der Waals surface area contributed by atoms with Gasteiger partial charge in [0.15, 0.2) is 6.61 Å². The third-order valence-corrected chi connectivity index (χ3v) is 5.24. The summed E-state index contributed by atoms with van der Waals surface area (Å²) in [5.41, 5.74) is 0.833. The molecule has 0 spiro atoms. The summed E-state index contributed by atoms with van der Waals surface area (Å²) in [6.45, 7) is 1.70. The Balaban J connectivity index is 1.65. The molecule has 1 amide bonds. The minimum Gasteiger partial charge on any atom is -0.484 e. The van der Waals surface area contributed by atoms with Crippen LogP contribution in [0.1, 0.15) is 18.0 Å². The Morgan fingerprint density at radius 1 is 1.31 bits per heavy atom. The van der Waals surface area contributed by atoms with Gasteiger partial charge in [0.1, 0.15) is 10.8 Å². The monoisotopic (exact) mass is 371 g/mol. The van der Waals surface area contributed by atoms with Gasteiger partial charge in [-0.15, -0.1) is 11.3 Å². The topological polar surface area (TPSA) is 85.6 Å². The van der Waals surface area contributed by atoms with E-state index in [0.717, 1.165) is 15.2 Å². The molecule has 26 heavy (non-hydrogen) atoms. The number of hydrogen-bond donors (Lipinski definition) is 0. The predicted molar refractivity (Wildman–Crippen MR) is 99.4 cm³/mol. The Labute approximate surface area is 154 Å². The van der Waals surface area contributed by atoms with Crippen LogP contribution in [-0.4, -0.2) is 34.4 Å². The molecule has 0 saturated carbocycles. The normalized spacial score (nSPS) is 11.9. The SMILES string of the molecule is C[C@@H](c1nc2ccccc2s1)N(C)C(=O)COc1cccc([N+](=O)[O-])c1. The lowest BCUT2D eigenvalue weighted by Gasteiger charge is -2.23. The molecule has 0 unspecified atom stereocenters. The van der Waals surface area contributed by atoms with Gasteiger partial charge in [-0.3, -0.25) is 14.9 Å². The number of thiazole rings is 1. The molecule has 1 heterocycles. The molecule has 0 aliphatic carbocycles. The van der Waals surface area contributed by atoms with Gasteiger partial charge in [-0.2, -0.15) is 0 Å². The molecule has 8 heteroatoms. The summed E-state index contributed by atoms with van der Waals surface area (Å²) >= 11 is 1.55. The highest BCUT2D eigenvalue weighted by Crippen LogP contribution is 2.29. The van der Waals surface area contributed by atoms with Crippen molar-refractivity contribution in [2.45, 2.75) is 13.0 Å². The van der Waals surface area contributed by atoms with Gasteiger partial charge in [0, 0.05) is 13.1 Å². The third-order valence-electron chi connectivity index (χ3n) is 4.03.